The fraction of sp³-hybridized carbons (Fsp3) is 0.636. The number of aliphatic hydroxyl groups is 1. The molecule has 0 bridgehead atoms. The monoisotopic (exact) mass is 259 g/mol. The molecule has 17 heavy (non-hydrogen) atoms. The zero-order valence-corrected chi connectivity index (χ0v) is 10.7. The second-order valence-electron chi connectivity index (χ2n) is 3.46. The molecule has 0 spiro atoms. The lowest BCUT2D eigenvalue weighted by Crippen LogP contribution is -2.09. The summed E-state index contributed by atoms with van der Waals surface area (Å²) in [4.78, 5) is 8.38. The Kier molecular flexibility index (Phi) is 6.84. The molecule has 0 fully saturated rings. The maximum Gasteiger partial charge on any atom is 0.134 e. The fourth-order valence-corrected chi connectivity index (χ4v) is 1.47. The summed E-state index contributed by atoms with van der Waals surface area (Å²) in [6.07, 6.45) is 1.61. The van der Waals surface area contributed by atoms with Crippen LogP contribution in [0.25, 0.3) is 0 Å². The standard InChI is InChI=1S/C11H18ClN3O2/c1-2-10-14-9(12)8-11(15-10)13-4-3-6-17-7-5-16/h8,16H,2-7H2,1H3,(H,13,14,15). The van der Waals surface area contributed by atoms with E-state index in [1.807, 2.05) is 6.92 Å². The van der Waals surface area contributed by atoms with E-state index in [0.29, 0.717) is 18.4 Å². The van der Waals surface area contributed by atoms with Crippen LogP contribution in [0.1, 0.15) is 19.2 Å². The van der Waals surface area contributed by atoms with Crippen LogP contribution >= 0.6 is 11.6 Å². The first-order valence-electron chi connectivity index (χ1n) is 5.72. The van der Waals surface area contributed by atoms with Crippen molar-refractivity contribution in [1.29, 1.82) is 0 Å². The van der Waals surface area contributed by atoms with E-state index in [0.717, 1.165) is 31.0 Å². The Morgan fingerprint density at radius 3 is 2.94 bits per heavy atom. The molecule has 1 heterocycles. The van der Waals surface area contributed by atoms with Gasteiger partial charge in [-0.25, -0.2) is 9.97 Å². The van der Waals surface area contributed by atoms with Crippen LogP contribution in [0.3, 0.4) is 0 Å². The third-order valence-corrected chi connectivity index (χ3v) is 2.26. The highest BCUT2D eigenvalue weighted by atomic mass is 35.5. The number of ether oxygens (including phenoxy) is 1. The molecule has 0 atom stereocenters. The number of hydrogen-bond donors (Lipinski definition) is 2. The van der Waals surface area contributed by atoms with E-state index in [9.17, 15) is 0 Å². The quantitative estimate of drug-likeness (QED) is 0.547. The number of nitrogens with zero attached hydrogens (tertiary/aromatic N) is 2. The molecule has 0 radical (unpaired) electrons. The lowest BCUT2D eigenvalue weighted by molar-refractivity contribution is 0.0922. The SMILES string of the molecule is CCc1nc(Cl)cc(NCCCOCCO)n1. The van der Waals surface area contributed by atoms with Crippen molar-refractivity contribution in [3.8, 4) is 0 Å². The first-order valence-corrected chi connectivity index (χ1v) is 6.10. The predicted molar refractivity (Wildman–Crippen MR) is 67.4 cm³/mol. The number of aryl methyl sites for hydroxylation is 1. The number of nitrogens with one attached hydrogen (secondary N) is 1. The van der Waals surface area contributed by atoms with Gasteiger partial charge in [-0.1, -0.05) is 18.5 Å². The minimum atomic E-state index is 0.0643. The summed E-state index contributed by atoms with van der Waals surface area (Å²) in [6.45, 7) is 3.81. The molecule has 0 saturated heterocycles. The normalized spacial score (nSPS) is 10.5. The van der Waals surface area contributed by atoms with Gasteiger partial charge in [-0.05, 0) is 6.42 Å². The number of hydrogen-bond acceptors (Lipinski definition) is 5. The van der Waals surface area contributed by atoms with Gasteiger partial charge in [-0.2, -0.15) is 0 Å². The molecule has 0 aliphatic rings. The molecule has 1 rings (SSSR count). The molecule has 0 aliphatic heterocycles. The first kappa shape index (κ1) is 14.2. The molecule has 1 aromatic heterocycles. The van der Waals surface area contributed by atoms with E-state index in [4.69, 9.17) is 21.4 Å². The summed E-state index contributed by atoms with van der Waals surface area (Å²) < 4.78 is 5.14. The highest BCUT2D eigenvalue weighted by Gasteiger charge is 2.00. The maximum atomic E-state index is 8.52. The zero-order valence-electron chi connectivity index (χ0n) is 9.95. The molecule has 0 unspecified atom stereocenters. The fourth-order valence-electron chi connectivity index (χ4n) is 1.27. The third kappa shape index (κ3) is 5.81. The summed E-state index contributed by atoms with van der Waals surface area (Å²) in [6, 6.07) is 1.70. The highest BCUT2D eigenvalue weighted by molar-refractivity contribution is 6.29. The van der Waals surface area contributed by atoms with Gasteiger partial charge in [-0.3, -0.25) is 0 Å². The minimum absolute atomic E-state index is 0.0643. The van der Waals surface area contributed by atoms with Crippen molar-refractivity contribution in [2.75, 3.05) is 31.7 Å². The van der Waals surface area contributed by atoms with Gasteiger partial charge in [0.25, 0.3) is 0 Å². The van der Waals surface area contributed by atoms with Crippen LogP contribution in [0.4, 0.5) is 5.82 Å². The Labute approximate surface area is 106 Å². The Hall–Kier alpha value is -0.910. The minimum Gasteiger partial charge on any atom is -0.394 e. The van der Waals surface area contributed by atoms with Gasteiger partial charge in [-0.15, -0.1) is 0 Å². The van der Waals surface area contributed by atoms with E-state index >= 15 is 0 Å². The van der Waals surface area contributed by atoms with E-state index < -0.39 is 0 Å². The third-order valence-electron chi connectivity index (χ3n) is 2.06. The summed E-state index contributed by atoms with van der Waals surface area (Å²) in [5, 5.41) is 12.1. The van der Waals surface area contributed by atoms with E-state index in [-0.39, 0.29) is 6.61 Å². The summed E-state index contributed by atoms with van der Waals surface area (Å²) in [7, 11) is 0. The van der Waals surface area contributed by atoms with Crippen molar-refractivity contribution < 1.29 is 9.84 Å². The largest absolute Gasteiger partial charge is 0.394 e. The molecule has 0 amide bonds. The van der Waals surface area contributed by atoms with Crippen molar-refractivity contribution >= 4 is 17.4 Å². The molecule has 2 N–H and O–H groups in total. The van der Waals surface area contributed by atoms with Gasteiger partial charge >= 0.3 is 0 Å². The molecule has 0 saturated carbocycles. The molecule has 0 aromatic carbocycles. The van der Waals surface area contributed by atoms with Crippen molar-refractivity contribution in [2.24, 2.45) is 0 Å². The maximum absolute atomic E-state index is 8.52. The number of halogens is 1. The van der Waals surface area contributed by atoms with Crippen LogP contribution in [-0.4, -0.2) is 41.4 Å². The predicted octanol–water partition coefficient (Wildman–Crippen LogP) is 1.50. The number of aromatic nitrogens is 2. The summed E-state index contributed by atoms with van der Waals surface area (Å²) >= 11 is 5.87. The van der Waals surface area contributed by atoms with Gasteiger partial charge in [0, 0.05) is 25.6 Å². The van der Waals surface area contributed by atoms with Gasteiger partial charge < -0.3 is 15.2 Å². The van der Waals surface area contributed by atoms with Crippen LogP contribution in [0, 0.1) is 0 Å². The van der Waals surface area contributed by atoms with Crippen molar-refractivity contribution in [1.82, 2.24) is 9.97 Å². The second-order valence-corrected chi connectivity index (χ2v) is 3.85. The van der Waals surface area contributed by atoms with Gasteiger partial charge in [0.15, 0.2) is 0 Å². The summed E-state index contributed by atoms with van der Waals surface area (Å²) in [5.41, 5.74) is 0. The van der Waals surface area contributed by atoms with Crippen LogP contribution in [0.2, 0.25) is 5.15 Å². The molecular weight excluding hydrogens is 242 g/mol. The highest BCUT2D eigenvalue weighted by Crippen LogP contribution is 2.11. The Bertz CT molecular complexity index is 336. The second kappa shape index (κ2) is 8.22. The van der Waals surface area contributed by atoms with Crippen molar-refractivity contribution in [3.05, 3.63) is 17.0 Å². The Morgan fingerprint density at radius 2 is 2.24 bits per heavy atom. The van der Waals surface area contributed by atoms with Crippen molar-refractivity contribution in [3.63, 3.8) is 0 Å². The molecule has 0 aliphatic carbocycles. The first-order chi connectivity index (χ1) is 8.26. The van der Waals surface area contributed by atoms with Crippen LogP contribution in [0.15, 0.2) is 6.07 Å². The lowest BCUT2D eigenvalue weighted by Gasteiger charge is -2.07. The summed E-state index contributed by atoms with van der Waals surface area (Å²) in [5.74, 6) is 1.47. The van der Waals surface area contributed by atoms with Crippen LogP contribution in [0.5, 0.6) is 0 Å². The molecule has 96 valence electrons. The van der Waals surface area contributed by atoms with Gasteiger partial charge in [0.2, 0.25) is 0 Å². The van der Waals surface area contributed by atoms with E-state index in [1.54, 1.807) is 6.07 Å². The van der Waals surface area contributed by atoms with Gasteiger partial charge in [0.1, 0.15) is 16.8 Å². The average molecular weight is 260 g/mol. The topological polar surface area (TPSA) is 67.3 Å². The number of anilines is 1. The van der Waals surface area contributed by atoms with Crippen molar-refractivity contribution in [2.45, 2.75) is 19.8 Å². The molecular formula is C11H18ClN3O2. The van der Waals surface area contributed by atoms with Crippen LogP contribution in [-0.2, 0) is 11.2 Å². The average Bonchev–Trinajstić information content (AvgIpc) is 2.33. The lowest BCUT2D eigenvalue weighted by atomic mass is 10.4. The number of rotatable bonds is 8. The van der Waals surface area contributed by atoms with E-state index in [2.05, 4.69) is 15.3 Å². The van der Waals surface area contributed by atoms with Crippen LogP contribution < -0.4 is 5.32 Å². The van der Waals surface area contributed by atoms with Gasteiger partial charge in [0.05, 0.1) is 13.2 Å². The molecule has 1 aromatic rings. The Balaban J connectivity index is 2.28. The zero-order chi connectivity index (χ0) is 12.5. The number of aliphatic hydroxyl groups excluding tert-OH is 1. The molecule has 5 nitrogen and oxygen atoms in total. The smallest absolute Gasteiger partial charge is 0.134 e. The Morgan fingerprint density at radius 1 is 1.41 bits per heavy atom. The molecule has 6 heteroatoms. The van der Waals surface area contributed by atoms with E-state index in [1.165, 1.54) is 0 Å².